The molecule has 2 atom stereocenters. The number of ether oxygens (including phenoxy) is 2. The number of hydrogen-bond donors (Lipinski definition) is 4. The summed E-state index contributed by atoms with van der Waals surface area (Å²) >= 11 is 0. The van der Waals surface area contributed by atoms with Gasteiger partial charge in [-0.3, -0.25) is 9.97 Å². The van der Waals surface area contributed by atoms with E-state index in [2.05, 4.69) is 20.0 Å². The van der Waals surface area contributed by atoms with Crippen molar-refractivity contribution in [1.29, 1.82) is 0 Å². The van der Waals surface area contributed by atoms with Crippen LogP contribution in [0.2, 0.25) is 0 Å². The Balaban J connectivity index is 1.10. The van der Waals surface area contributed by atoms with Crippen molar-refractivity contribution < 1.29 is 31.4 Å². The number of piperidine rings is 1. The summed E-state index contributed by atoms with van der Waals surface area (Å²) in [5, 5.41) is 13.8. The quantitative estimate of drug-likeness (QED) is 0.219. The first kappa shape index (κ1) is 32.4. The molecular formula is C29H38N6O7S2. The normalized spacial score (nSPS) is 19.7. The van der Waals surface area contributed by atoms with Crippen LogP contribution in [0.1, 0.15) is 25.0 Å². The molecule has 238 valence electrons. The van der Waals surface area contributed by atoms with E-state index in [0.717, 1.165) is 11.3 Å². The third-order valence-electron chi connectivity index (χ3n) is 8.03. The van der Waals surface area contributed by atoms with Gasteiger partial charge in [-0.25, -0.2) is 21.6 Å². The Morgan fingerprint density at radius 2 is 1.89 bits per heavy atom. The SMILES string of the molecule is CNS(=O)(=O)c1cccc(OC[C@@H](O)CNC2COC3(CCN(S(=O)(=O)c4cncc(-c5ccc(CN)nc5)c4)CC3)C2)c1. The lowest BCUT2D eigenvalue weighted by molar-refractivity contribution is -0.0312. The summed E-state index contributed by atoms with van der Waals surface area (Å²) in [5.41, 5.74) is 7.35. The second-order valence-corrected chi connectivity index (χ2v) is 14.8. The predicted octanol–water partition coefficient (Wildman–Crippen LogP) is 0.852. The molecule has 0 aliphatic carbocycles. The molecule has 0 bridgehead atoms. The van der Waals surface area contributed by atoms with Crippen LogP contribution in [0.5, 0.6) is 5.75 Å². The fourth-order valence-electron chi connectivity index (χ4n) is 5.44. The summed E-state index contributed by atoms with van der Waals surface area (Å²) in [6, 6.07) is 11.3. The number of aromatic nitrogens is 2. The van der Waals surface area contributed by atoms with E-state index >= 15 is 0 Å². The summed E-state index contributed by atoms with van der Waals surface area (Å²) in [5.74, 6) is 0.339. The number of nitrogens with two attached hydrogens (primary N) is 1. The Hall–Kier alpha value is -3.02. The van der Waals surface area contributed by atoms with Crippen molar-refractivity contribution in [3.05, 3.63) is 66.7 Å². The Morgan fingerprint density at radius 3 is 2.59 bits per heavy atom. The number of pyridine rings is 2. The molecule has 44 heavy (non-hydrogen) atoms. The molecule has 0 radical (unpaired) electrons. The van der Waals surface area contributed by atoms with Crippen molar-refractivity contribution in [2.24, 2.45) is 5.73 Å². The van der Waals surface area contributed by atoms with Crippen LogP contribution in [0, 0.1) is 0 Å². The lowest BCUT2D eigenvalue weighted by atomic mass is 9.88. The van der Waals surface area contributed by atoms with E-state index in [1.807, 2.05) is 6.07 Å². The maximum absolute atomic E-state index is 13.5. The smallest absolute Gasteiger partial charge is 0.244 e. The second-order valence-electron chi connectivity index (χ2n) is 11.0. The molecule has 2 aliphatic heterocycles. The van der Waals surface area contributed by atoms with Crippen molar-refractivity contribution in [3.63, 3.8) is 0 Å². The van der Waals surface area contributed by atoms with E-state index in [4.69, 9.17) is 15.2 Å². The molecule has 2 fully saturated rings. The summed E-state index contributed by atoms with van der Waals surface area (Å²) < 4.78 is 66.5. The van der Waals surface area contributed by atoms with Crippen LogP contribution in [0.25, 0.3) is 11.1 Å². The van der Waals surface area contributed by atoms with Gasteiger partial charge < -0.3 is 25.6 Å². The molecule has 2 aromatic heterocycles. The van der Waals surface area contributed by atoms with Crippen LogP contribution in [0.3, 0.4) is 0 Å². The Labute approximate surface area is 257 Å². The molecule has 5 N–H and O–H groups in total. The van der Waals surface area contributed by atoms with Crippen LogP contribution in [-0.2, 0) is 31.3 Å². The Morgan fingerprint density at radius 1 is 1.09 bits per heavy atom. The zero-order valence-corrected chi connectivity index (χ0v) is 26.1. The monoisotopic (exact) mass is 646 g/mol. The van der Waals surface area contributed by atoms with Crippen LogP contribution < -0.4 is 20.5 Å². The molecule has 1 unspecified atom stereocenters. The molecule has 15 heteroatoms. The average Bonchev–Trinajstić information content (AvgIpc) is 3.45. The van der Waals surface area contributed by atoms with Crippen molar-refractivity contribution in [1.82, 2.24) is 24.3 Å². The number of rotatable bonds is 12. The minimum absolute atomic E-state index is 0.00273. The van der Waals surface area contributed by atoms with Crippen molar-refractivity contribution in [2.75, 3.05) is 39.9 Å². The lowest BCUT2D eigenvalue weighted by Gasteiger charge is -2.38. The van der Waals surface area contributed by atoms with E-state index in [-0.39, 0.29) is 29.0 Å². The highest BCUT2D eigenvalue weighted by atomic mass is 32.2. The first-order chi connectivity index (χ1) is 21.0. The molecule has 1 spiro atoms. The molecular weight excluding hydrogens is 608 g/mol. The van der Waals surface area contributed by atoms with Crippen molar-refractivity contribution in [2.45, 2.75) is 53.3 Å². The summed E-state index contributed by atoms with van der Waals surface area (Å²) in [6.07, 6.45) is 5.61. The highest BCUT2D eigenvalue weighted by Gasteiger charge is 2.44. The standard InChI is InChI=1S/C29H38N6O7S2/c1-31-43(37,38)27-4-2-3-26(12-27)41-20-25(36)17-34-24-13-29(42-19-24)7-9-35(10-8-29)44(39,40)28-11-22(15-32-18-28)21-5-6-23(14-30)33-16-21/h2-6,11-12,15-16,18,24-25,31,34,36H,7-10,13-14,17,19-20,30H2,1H3/t24?,25-/m0/s1. The molecule has 0 saturated carbocycles. The first-order valence-corrected chi connectivity index (χ1v) is 17.3. The maximum atomic E-state index is 13.5. The zero-order chi connectivity index (χ0) is 31.4. The first-order valence-electron chi connectivity index (χ1n) is 14.4. The minimum atomic E-state index is -3.75. The Bertz CT molecular complexity index is 1650. The van der Waals surface area contributed by atoms with Gasteiger partial charge in [0, 0.05) is 68.0 Å². The van der Waals surface area contributed by atoms with Gasteiger partial charge in [0.05, 0.1) is 22.8 Å². The van der Waals surface area contributed by atoms with Crippen LogP contribution >= 0.6 is 0 Å². The average molecular weight is 647 g/mol. The van der Waals surface area contributed by atoms with Gasteiger partial charge in [0.2, 0.25) is 20.0 Å². The van der Waals surface area contributed by atoms with E-state index in [0.29, 0.717) is 56.8 Å². The largest absolute Gasteiger partial charge is 0.491 e. The van der Waals surface area contributed by atoms with E-state index in [9.17, 15) is 21.9 Å². The van der Waals surface area contributed by atoms with Gasteiger partial charge in [0.15, 0.2) is 0 Å². The molecule has 2 aliphatic rings. The maximum Gasteiger partial charge on any atom is 0.244 e. The highest BCUT2D eigenvalue weighted by molar-refractivity contribution is 7.89. The summed E-state index contributed by atoms with van der Waals surface area (Å²) in [7, 11) is -6.02. The summed E-state index contributed by atoms with van der Waals surface area (Å²) in [4.78, 5) is 8.68. The van der Waals surface area contributed by atoms with Crippen LogP contribution in [0.4, 0.5) is 0 Å². The number of benzene rings is 1. The molecule has 13 nitrogen and oxygen atoms in total. The van der Waals surface area contributed by atoms with E-state index < -0.39 is 31.8 Å². The van der Waals surface area contributed by atoms with Crippen molar-refractivity contribution >= 4 is 20.0 Å². The fraction of sp³-hybridized carbons (Fsp3) is 0.448. The van der Waals surface area contributed by atoms with E-state index in [1.54, 1.807) is 36.7 Å². The summed E-state index contributed by atoms with van der Waals surface area (Å²) in [6.45, 7) is 1.66. The predicted molar refractivity (Wildman–Crippen MR) is 163 cm³/mol. The third kappa shape index (κ3) is 7.43. The van der Waals surface area contributed by atoms with E-state index in [1.165, 1.54) is 29.7 Å². The van der Waals surface area contributed by atoms with Gasteiger partial charge in [-0.1, -0.05) is 12.1 Å². The molecule has 0 amide bonds. The molecule has 4 heterocycles. The second kappa shape index (κ2) is 13.5. The molecule has 3 aromatic rings. The number of hydrogen-bond acceptors (Lipinski definition) is 11. The molecule has 5 rings (SSSR count). The highest BCUT2D eigenvalue weighted by Crippen LogP contribution is 2.37. The van der Waals surface area contributed by atoms with Crippen LogP contribution in [0.15, 0.2) is 70.8 Å². The minimum Gasteiger partial charge on any atom is -0.491 e. The number of aliphatic hydroxyl groups is 1. The van der Waals surface area contributed by atoms with Gasteiger partial charge >= 0.3 is 0 Å². The number of nitrogens with one attached hydrogen (secondary N) is 2. The third-order valence-corrected chi connectivity index (χ3v) is 11.3. The number of aliphatic hydroxyl groups excluding tert-OH is 1. The lowest BCUT2D eigenvalue weighted by Crippen LogP contribution is -2.47. The molecule has 2 saturated heterocycles. The fourth-order valence-corrected chi connectivity index (χ4v) is 7.64. The van der Waals surface area contributed by atoms with Gasteiger partial charge in [-0.15, -0.1) is 0 Å². The number of nitrogens with zero attached hydrogens (tertiary/aromatic N) is 3. The zero-order valence-electron chi connectivity index (χ0n) is 24.4. The van der Waals surface area contributed by atoms with Gasteiger partial charge in [0.1, 0.15) is 23.4 Å². The van der Waals surface area contributed by atoms with Gasteiger partial charge in [-0.2, -0.15) is 4.31 Å². The Kier molecular flexibility index (Phi) is 9.96. The van der Waals surface area contributed by atoms with Gasteiger partial charge in [-0.05, 0) is 50.6 Å². The molecule has 1 aromatic carbocycles. The van der Waals surface area contributed by atoms with Gasteiger partial charge in [0.25, 0.3) is 0 Å². The van der Waals surface area contributed by atoms with Crippen LogP contribution in [-0.4, -0.2) is 93.9 Å². The number of sulfonamides is 2. The topological polar surface area (TPSA) is 186 Å². The van der Waals surface area contributed by atoms with Crippen molar-refractivity contribution in [3.8, 4) is 16.9 Å².